The molecule has 0 saturated carbocycles. The Balaban J connectivity index is 2.39. The summed E-state index contributed by atoms with van der Waals surface area (Å²) in [6.07, 6.45) is -4.38. The molecular formula is C9H16O6. The van der Waals surface area contributed by atoms with Crippen LogP contribution in [-0.4, -0.2) is 58.9 Å². The van der Waals surface area contributed by atoms with Crippen molar-refractivity contribution in [3.8, 4) is 0 Å². The number of aliphatic hydroxyl groups excluding tert-OH is 3. The number of esters is 1. The summed E-state index contributed by atoms with van der Waals surface area (Å²) in [4.78, 5) is 10.8. The number of aliphatic hydroxyl groups is 3. The van der Waals surface area contributed by atoms with Gasteiger partial charge in [0.2, 0.25) is 0 Å². The minimum Gasteiger partial charge on any atom is -0.455 e. The Morgan fingerprint density at radius 1 is 1.53 bits per heavy atom. The largest absolute Gasteiger partial charge is 0.455 e. The molecule has 0 aromatic heterocycles. The molecule has 1 heterocycles. The van der Waals surface area contributed by atoms with E-state index < -0.39 is 30.4 Å². The molecule has 3 N–H and O–H groups in total. The van der Waals surface area contributed by atoms with Crippen LogP contribution >= 0.6 is 0 Å². The number of hydrogen-bond donors (Lipinski definition) is 3. The van der Waals surface area contributed by atoms with Crippen molar-refractivity contribution in [3.63, 3.8) is 0 Å². The number of carbonyl (C=O) groups excluding carboxylic acids is 1. The number of cyclic esters (lactones) is 1. The molecule has 15 heavy (non-hydrogen) atoms. The van der Waals surface area contributed by atoms with Gasteiger partial charge in [-0.25, -0.2) is 4.79 Å². The third-order valence-electron chi connectivity index (χ3n) is 2.17. The molecule has 6 nitrogen and oxygen atoms in total. The predicted octanol–water partition coefficient (Wildman–Crippen LogP) is -1.58. The van der Waals surface area contributed by atoms with Crippen molar-refractivity contribution in [2.24, 2.45) is 0 Å². The molecular weight excluding hydrogens is 204 g/mol. The van der Waals surface area contributed by atoms with Crippen molar-refractivity contribution in [1.29, 1.82) is 0 Å². The summed E-state index contributed by atoms with van der Waals surface area (Å²) in [5.41, 5.74) is 0. The molecule has 1 aliphatic rings. The van der Waals surface area contributed by atoms with Crippen molar-refractivity contribution in [2.75, 3.05) is 13.2 Å². The third-order valence-corrected chi connectivity index (χ3v) is 2.17. The van der Waals surface area contributed by atoms with Crippen molar-refractivity contribution in [2.45, 2.75) is 37.8 Å². The third kappa shape index (κ3) is 2.88. The summed E-state index contributed by atoms with van der Waals surface area (Å²) in [7, 11) is 0. The lowest BCUT2D eigenvalue weighted by Crippen LogP contribution is -2.41. The quantitative estimate of drug-likeness (QED) is 0.382. The van der Waals surface area contributed by atoms with Gasteiger partial charge in [0.05, 0.1) is 6.61 Å². The van der Waals surface area contributed by atoms with E-state index in [4.69, 9.17) is 9.84 Å². The van der Waals surface area contributed by atoms with Crippen molar-refractivity contribution in [3.05, 3.63) is 0 Å². The molecule has 4 atom stereocenters. The molecule has 0 radical (unpaired) electrons. The van der Waals surface area contributed by atoms with Gasteiger partial charge in [-0.2, -0.15) is 0 Å². The summed E-state index contributed by atoms with van der Waals surface area (Å²) in [5, 5.41) is 27.9. The number of carbonyl (C=O) groups is 1. The molecule has 1 fully saturated rings. The standard InChI is InChI=1S/C9H16O6/c1-2-3-14-4-5(10)8-6(11)7(12)9(13)15-8/h5-8,10-12H,2-4H2,1H3. The molecule has 0 aromatic carbocycles. The SMILES string of the molecule is CCCOCC(O)C1OC(=O)C(O)C1O. The monoisotopic (exact) mass is 220 g/mol. The Kier molecular flexibility index (Phi) is 4.46. The van der Waals surface area contributed by atoms with Gasteiger partial charge in [0, 0.05) is 6.61 Å². The fraction of sp³-hybridized carbons (Fsp3) is 0.889. The van der Waals surface area contributed by atoms with Crippen LogP contribution in [0, 0.1) is 0 Å². The molecule has 0 bridgehead atoms. The van der Waals surface area contributed by atoms with E-state index in [2.05, 4.69) is 4.74 Å². The Morgan fingerprint density at radius 3 is 2.67 bits per heavy atom. The van der Waals surface area contributed by atoms with Crippen molar-refractivity contribution >= 4 is 5.97 Å². The first-order valence-electron chi connectivity index (χ1n) is 4.90. The predicted molar refractivity (Wildman–Crippen MR) is 49.0 cm³/mol. The van der Waals surface area contributed by atoms with E-state index in [1.807, 2.05) is 6.92 Å². The van der Waals surface area contributed by atoms with Crippen molar-refractivity contribution in [1.82, 2.24) is 0 Å². The fourth-order valence-electron chi connectivity index (χ4n) is 1.34. The van der Waals surface area contributed by atoms with Crippen LogP contribution in [0.4, 0.5) is 0 Å². The molecule has 88 valence electrons. The highest BCUT2D eigenvalue weighted by Crippen LogP contribution is 2.19. The van der Waals surface area contributed by atoms with Crippen LogP contribution in [0.5, 0.6) is 0 Å². The molecule has 1 saturated heterocycles. The normalized spacial score (nSPS) is 32.8. The first-order valence-corrected chi connectivity index (χ1v) is 4.90. The topological polar surface area (TPSA) is 96.2 Å². The minimum atomic E-state index is -1.57. The van der Waals surface area contributed by atoms with Gasteiger partial charge in [-0.1, -0.05) is 6.92 Å². The number of ether oxygens (including phenoxy) is 2. The van der Waals surface area contributed by atoms with Gasteiger partial charge in [-0.3, -0.25) is 0 Å². The van der Waals surface area contributed by atoms with Gasteiger partial charge in [-0.05, 0) is 6.42 Å². The summed E-state index contributed by atoms with van der Waals surface area (Å²) in [6, 6.07) is 0. The number of hydrogen-bond acceptors (Lipinski definition) is 6. The smallest absolute Gasteiger partial charge is 0.338 e. The van der Waals surface area contributed by atoms with Gasteiger partial charge in [0.1, 0.15) is 12.2 Å². The lowest BCUT2D eigenvalue weighted by Gasteiger charge is -2.19. The second-order valence-electron chi connectivity index (χ2n) is 3.48. The van der Waals surface area contributed by atoms with E-state index >= 15 is 0 Å². The summed E-state index contributed by atoms with van der Waals surface area (Å²) in [6.45, 7) is 2.37. The molecule has 1 rings (SSSR count). The van der Waals surface area contributed by atoms with Crippen LogP contribution in [0.15, 0.2) is 0 Å². The second kappa shape index (κ2) is 5.41. The first kappa shape index (κ1) is 12.4. The van der Waals surface area contributed by atoms with Crippen molar-refractivity contribution < 1.29 is 29.6 Å². The zero-order valence-corrected chi connectivity index (χ0v) is 8.50. The molecule has 0 spiro atoms. The Bertz CT molecular complexity index is 219. The molecule has 6 heteroatoms. The zero-order valence-electron chi connectivity index (χ0n) is 8.50. The highest BCUT2D eigenvalue weighted by atomic mass is 16.6. The fourth-order valence-corrected chi connectivity index (χ4v) is 1.34. The van der Waals surface area contributed by atoms with E-state index in [0.29, 0.717) is 6.61 Å². The second-order valence-corrected chi connectivity index (χ2v) is 3.48. The van der Waals surface area contributed by atoms with Crippen LogP contribution in [0.25, 0.3) is 0 Å². The summed E-state index contributed by atoms with van der Waals surface area (Å²) < 4.78 is 9.65. The number of rotatable bonds is 5. The minimum absolute atomic E-state index is 0.0322. The van der Waals surface area contributed by atoms with Gasteiger partial charge >= 0.3 is 5.97 Å². The van der Waals surface area contributed by atoms with Gasteiger partial charge in [-0.15, -0.1) is 0 Å². The maximum absolute atomic E-state index is 10.8. The lowest BCUT2D eigenvalue weighted by molar-refractivity contribution is -0.152. The Hall–Kier alpha value is -0.690. The van der Waals surface area contributed by atoms with Crippen LogP contribution in [0.2, 0.25) is 0 Å². The van der Waals surface area contributed by atoms with E-state index in [0.717, 1.165) is 6.42 Å². The van der Waals surface area contributed by atoms with Crippen LogP contribution in [-0.2, 0) is 14.3 Å². The van der Waals surface area contributed by atoms with Crippen LogP contribution < -0.4 is 0 Å². The Morgan fingerprint density at radius 2 is 2.20 bits per heavy atom. The molecule has 1 aliphatic heterocycles. The Labute approximate surface area is 87.4 Å². The molecule has 4 unspecified atom stereocenters. The lowest BCUT2D eigenvalue weighted by atomic mass is 10.1. The average Bonchev–Trinajstić information content (AvgIpc) is 2.46. The zero-order chi connectivity index (χ0) is 11.4. The molecule has 0 aliphatic carbocycles. The van der Waals surface area contributed by atoms with E-state index in [9.17, 15) is 15.0 Å². The first-order chi connectivity index (χ1) is 7.07. The van der Waals surface area contributed by atoms with Gasteiger partial charge in [0.25, 0.3) is 0 Å². The molecule has 0 aromatic rings. The maximum Gasteiger partial charge on any atom is 0.338 e. The maximum atomic E-state index is 10.8. The summed E-state index contributed by atoms with van der Waals surface area (Å²) >= 11 is 0. The molecule has 0 amide bonds. The highest BCUT2D eigenvalue weighted by Gasteiger charge is 2.46. The average molecular weight is 220 g/mol. The van der Waals surface area contributed by atoms with E-state index in [1.165, 1.54) is 0 Å². The van der Waals surface area contributed by atoms with Gasteiger partial charge < -0.3 is 24.8 Å². The van der Waals surface area contributed by atoms with Gasteiger partial charge in [0.15, 0.2) is 12.2 Å². The highest BCUT2D eigenvalue weighted by molar-refractivity contribution is 5.77. The van der Waals surface area contributed by atoms with E-state index in [1.54, 1.807) is 0 Å². The summed E-state index contributed by atoms with van der Waals surface area (Å²) in [5.74, 6) is -0.915. The van der Waals surface area contributed by atoms with Crippen LogP contribution in [0.1, 0.15) is 13.3 Å². The van der Waals surface area contributed by atoms with E-state index in [-0.39, 0.29) is 6.61 Å². The van der Waals surface area contributed by atoms with Crippen LogP contribution in [0.3, 0.4) is 0 Å².